The van der Waals surface area contributed by atoms with E-state index in [1.54, 1.807) is 17.8 Å². The quantitative estimate of drug-likeness (QED) is 0.810. The highest BCUT2D eigenvalue weighted by molar-refractivity contribution is 7.89. The molecule has 0 spiro atoms. The van der Waals surface area contributed by atoms with Gasteiger partial charge in [0.15, 0.2) is 0 Å². The van der Waals surface area contributed by atoms with E-state index in [9.17, 15) is 17.6 Å². The molecule has 1 amide bonds. The van der Waals surface area contributed by atoms with Crippen molar-refractivity contribution >= 4 is 21.7 Å². The Bertz CT molecular complexity index is 936. The number of aromatic nitrogens is 2. The summed E-state index contributed by atoms with van der Waals surface area (Å²) in [5.41, 5.74) is 0.805. The summed E-state index contributed by atoms with van der Waals surface area (Å²) in [5.74, 6) is -0.340. The van der Waals surface area contributed by atoms with Crippen LogP contribution in [0.5, 0.6) is 0 Å². The van der Waals surface area contributed by atoms with E-state index < -0.39 is 15.8 Å². The second kappa shape index (κ2) is 7.75. The van der Waals surface area contributed by atoms with Crippen molar-refractivity contribution in [3.63, 3.8) is 0 Å². The number of amides is 1. The maximum Gasteiger partial charge on any atom is 0.246 e. The third-order valence-electron chi connectivity index (χ3n) is 4.42. The Morgan fingerprint density at radius 3 is 2.48 bits per heavy atom. The van der Waals surface area contributed by atoms with Crippen LogP contribution < -0.4 is 5.32 Å². The average Bonchev–Trinajstić information content (AvgIpc) is 2.92. The summed E-state index contributed by atoms with van der Waals surface area (Å²) < 4.78 is 41.9. The molecule has 1 N–H and O–H groups in total. The molecule has 1 aliphatic rings. The van der Waals surface area contributed by atoms with E-state index in [2.05, 4.69) is 10.4 Å². The van der Waals surface area contributed by atoms with Gasteiger partial charge in [-0.2, -0.15) is 9.40 Å². The zero-order chi connectivity index (χ0) is 19.6. The molecule has 0 radical (unpaired) electrons. The lowest BCUT2D eigenvalue weighted by molar-refractivity contribution is -0.117. The van der Waals surface area contributed by atoms with Crippen molar-refractivity contribution in [1.82, 2.24) is 19.0 Å². The predicted molar refractivity (Wildman–Crippen MR) is 98.2 cm³/mol. The van der Waals surface area contributed by atoms with Crippen LogP contribution in [0, 0.1) is 12.7 Å². The Balaban J connectivity index is 1.56. The van der Waals surface area contributed by atoms with Gasteiger partial charge in [-0.15, -0.1) is 0 Å². The molecule has 0 atom stereocenters. The van der Waals surface area contributed by atoms with E-state index in [1.807, 2.05) is 11.8 Å². The number of hydrogen-bond acceptors (Lipinski definition) is 5. The number of piperazine rings is 1. The maximum absolute atomic E-state index is 13.9. The van der Waals surface area contributed by atoms with Crippen molar-refractivity contribution in [2.75, 3.05) is 38.0 Å². The highest BCUT2D eigenvalue weighted by Crippen LogP contribution is 2.20. The van der Waals surface area contributed by atoms with E-state index >= 15 is 0 Å². The molecule has 1 aromatic heterocycles. The lowest BCUT2D eigenvalue weighted by Gasteiger charge is -2.33. The van der Waals surface area contributed by atoms with Crippen molar-refractivity contribution < 1.29 is 17.6 Å². The third kappa shape index (κ3) is 4.34. The largest absolute Gasteiger partial charge is 0.310 e. The summed E-state index contributed by atoms with van der Waals surface area (Å²) in [7, 11) is -2.13. The first-order chi connectivity index (χ1) is 12.8. The minimum Gasteiger partial charge on any atom is -0.310 e. The number of aryl methyl sites for hydroxylation is 2. The number of carbonyl (C=O) groups is 1. The zero-order valence-corrected chi connectivity index (χ0v) is 16.0. The van der Waals surface area contributed by atoms with Gasteiger partial charge < -0.3 is 5.32 Å². The van der Waals surface area contributed by atoms with Crippen LogP contribution in [0.3, 0.4) is 0 Å². The van der Waals surface area contributed by atoms with Gasteiger partial charge in [-0.25, -0.2) is 12.8 Å². The molecule has 0 unspecified atom stereocenters. The second-order valence-electron chi connectivity index (χ2n) is 6.45. The Kier molecular flexibility index (Phi) is 5.59. The van der Waals surface area contributed by atoms with Gasteiger partial charge in [0.05, 0.1) is 12.2 Å². The Labute approximate surface area is 157 Å². The Morgan fingerprint density at radius 1 is 1.22 bits per heavy atom. The topological polar surface area (TPSA) is 87.5 Å². The number of nitrogens with zero attached hydrogens (tertiary/aromatic N) is 4. The smallest absolute Gasteiger partial charge is 0.246 e. The molecule has 0 saturated carbocycles. The van der Waals surface area contributed by atoms with Crippen LogP contribution in [-0.4, -0.2) is 66.0 Å². The van der Waals surface area contributed by atoms with Crippen molar-refractivity contribution in [1.29, 1.82) is 0 Å². The molecular weight excluding hydrogens is 373 g/mol. The van der Waals surface area contributed by atoms with Crippen LogP contribution >= 0.6 is 0 Å². The first-order valence-corrected chi connectivity index (χ1v) is 9.99. The number of sulfonamides is 1. The van der Waals surface area contributed by atoms with Crippen LogP contribution in [0.2, 0.25) is 0 Å². The molecule has 3 rings (SSSR count). The number of rotatable bonds is 5. The van der Waals surface area contributed by atoms with Crippen LogP contribution in [0.15, 0.2) is 35.2 Å². The summed E-state index contributed by atoms with van der Waals surface area (Å²) in [6, 6.07) is 7.12. The highest BCUT2D eigenvalue weighted by atomic mass is 32.2. The Morgan fingerprint density at radius 2 is 1.89 bits per heavy atom. The minimum atomic E-state index is -3.88. The lowest BCUT2D eigenvalue weighted by atomic mass is 10.3. The normalized spacial score (nSPS) is 16.4. The zero-order valence-electron chi connectivity index (χ0n) is 15.2. The molecular formula is C17H22FN5O3S. The number of nitrogens with one attached hydrogen (secondary N) is 1. The second-order valence-corrected chi connectivity index (χ2v) is 8.36. The van der Waals surface area contributed by atoms with E-state index in [0.29, 0.717) is 18.9 Å². The van der Waals surface area contributed by atoms with Crippen molar-refractivity contribution in [2.24, 2.45) is 7.05 Å². The van der Waals surface area contributed by atoms with E-state index in [1.165, 1.54) is 22.5 Å². The maximum atomic E-state index is 13.9. The number of carbonyl (C=O) groups excluding carboxylic acids is 1. The summed E-state index contributed by atoms with van der Waals surface area (Å²) in [6.45, 7) is 3.18. The number of halogens is 1. The standard InChI is InChI=1S/C17H22FN5O3S/c1-13-11-16(21(2)20-13)19-17(24)12-22-7-9-23(10-8-22)27(25,26)15-6-4-3-5-14(15)18/h3-6,11H,7-10,12H2,1-2H3,(H,19,24). The van der Waals surface area contributed by atoms with Gasteiger partial charge in [0.2, 0.25) is 15.9 Å². The Hall–Kier alpha value is -2.30. The molecule has 1 saturated heterocycles. The monoisotopic (exact) mass is 395 g/mol. The average molecular weight is 395 g/mol. The van der Waals surface area contributed by atoms with Gasteiger partial charge in [0.25, 0.3) is 0 Å². The van der Waals surface area contributed by atoms with E-state index in [-0.39, 0.29) is 30.4 Å². The number of benzene rings is 1. The van der Waals surface area contributed by atoms with Crippen LogP contribution in [0.4, 0.5) is 10.2 Å². The summed E-state index contributed by atoms with van der Waals surface area (Å²) in [6.07, 6.45) is 0. The third-order valence-corrected chi connectivity index (χ3v) is 6.35. The molecule has 8 nitrogen and oxygen atoms in total. The molecule has 1 fully saturated rings. The summed E-state index contributed by atoms with van der Waals surface area (Å²) in [4.78, 5) is 13.8. The number of anilines is 1. The van der Waals surface area contributed by atoms with Gasteiger partial charge in [-0.05, 0) is 19.1 Å². The van der Waals surface area contributed by atoms with Crippen molar-refractivity contribution in [3.8, 4) is 0 Å². The van der Waals surface area contributed by atoms with Gasteiger partial charge >= 0.3 is 0 Å². The fourth-order valence-corrected chi connectivity index (χ4v) is 4.52. The molecule has 0 bridgehead atoms. The highest BCUT2D eigenvalue weighted by Gasteiger charge is 2.30. The van der Waals surface area contributed by atoms with E-state index in [4.69, 9.17) is 0 Å². The molecule has 2 heterocycles. The lowest BCUT2D eigenvalue weighted by Crippen LogP contribution is -2.50. The number of hydrogen-bond donors (Lipinski definition) is 1. The fraction of sp³-hybridized carbons (Fsp3) is 0.412. The molecule has 0 aliphatic carbocycles. The van der Waals surface area contributed by atoms with Crippen molar-refractivity contribution in [2.45, 2.75) is 11.8 Å². The molecule has 27 heavy (non-hydrogen) atoms. The molecule has 1 aliphatic heterocycles. The van der Waals surface area contributed by atoms with Crippen LogP contribution in [0.1, 0.15) is 5.69 Å². The minimum absolute atomic E-state index is 0.151. The SMILES string of the molecule is Cc1cc(NC(=O)CN2CCN(S(=O)(=O)c3ccccc3F)CC2)n(C)n1. The van der Waals surface area contributed by atoms with Gasteiger partial charge in [-0.3, -0.25) is 14.4 Å². The summed E-state index contributed by atoms with van der Waals surface area (Å²) >= 11 is 0. The molecule has 1 aromatic carbocycles. The van der Waals surface area contributed by atoms with Crippen LogP contribution in [0.25, 0.3) is 0 Å². The molecule has 2 aromatic rings. The predicted octanol–water partition coefficient (Wildman–Crippen LogP) is 0.813. The van der Waals surface area contributed by atoms with Gasteiger partial charge in [-0.1, -0.05) is 12.1 Å². The first kappa shape index (κ1) is 19.5. The molecule has 146 valence electrons. The first-order valence-electron chi connectivity index (χ1n) is 8.55. The van der Waals surface area contributed by atoms with Gasteiger partial charge in [0, 0.05) is 39.3 Å². The van der Waals surface area contributed by atoms with Gasteiger partial charge in [0.1, 0.15) is 16.5 Å². The molecule has 10 heteroatoms. The van der Waals surface area contributed by atoms with E-state index in [0.717, 1.165) is 11.8 Å². The fourth-order valence-electron chi connectivity index (χ4n) is 3.03. The van der Waals surface area contributed by atoms with Crippen LogP contribution in [-0.2, 0) is 21.9 Å². The summed E-state index contributed by atoms with van der Waals surface area (Å²) in [5, 5.41) is 6.96. The van der Waals surface area contributed by atoms with Crippen molar-refractivity contribution in [3.05, 3.63) is 41.8 Å².